The molecule has 0 spiro atoms. The third kappa shape index (κ3) is 4.02. The van der Waals surface area contributed by atoms with Crippen molar-refractivity contribution in [2.75, 3.05) is 19.6 Å². The summed E-state index contributed by atoms with van der Waals surface area (Å²) in [4.78, 5) is 6.99. The highest BCUT2D eigenvalue weighted by molar-refractivity contribution is 5.81. The summed E-state index contributed by atoms with van der Waals surface area (Å²) < 4.78 is 0. The van der Waals surface area contributed by atoms with Gasteiger partial charge in [0.1, 0.15) is 0 Å². The van der Waals surface area contributed by atoms with Gasteiger partial charge in [-0.2, -0.15) is 0 Å². The van der Waals surface area contributed by atoms with E-state index in [0.717, 1.165) is 31.7 Å². The first kappa shape index (κ1) is 14.9. The second-order valence-electron chi connectivity index (χ2n) is 5.47. The molecule has 20 heavy (non-hydrogen) atoms. The summed E-state index contributed by atoms with van der Waals surface area (Å²) >= 11 is 0. The molecule has 0 saturated carbocycles. The van der Waals surface area contributed by atoms with E-state index >= 15 is 0 Å². The van der Waals surface area contributed by atoms with Crippen molar-refractivity contribution < 1.29 is 0 Å². The third-order valence-corrected chi connectivity index (χ3v) is 3.54. The zero-order valence-electron chi connectivity index (χ0n) is 12.8. The van der Waals surface area contributed by atoms with E-state index < -0.39 is 0 Å². The third-order valence-electron chi connectivity index (χ3n) is 3.54. The number of pyridine rings is 1. The fraction of sp³-hybridized carbons (Fsp3) is 0.471. The molecular formula is C17H25N3. The Morgan fingerprint density at radius 1 is 1.20 bits per heavy atom. The molecule has 1 heterocycles. The summed E-state index contributed by atoms with van der Waals surface area (Å²) in [6.07, 6.45) is 1.88. The first-order valence-corrected chi connectivity index (χ1v) is 7.49. The molecule has 3 heteroatoms. The van der Waals surface area contributed by atoms with Crippen LogP contribution in [0.15, 0.2) is 36.5 Å². The number of likely N-dealkylation sites (N-methyl/N-ethyl adjacent to an activating group) is 1. The Kier molecular flexibility index (Phi) is 5.50. The second-order valence-corrected chi connectivity index (χ2v) is 5.47. The van der Waals surface area contributed by atoms with Gasteiger partial charge in [0.05, 0.1) is 5.52 Å². The SMILES string of the molecule is CCN(CCNC(C)C)Cc1cccc2cccnc12. The Morgan fingerprint density at radius 3 is 2.75 bits per heavy atom. The number of para-hydroxylation sites is 1. The van der Waals surface area contributed by atoms with Gasteiger partial charge in [0.15, 0.2) is 0 Å². The summed E-state index contributed by atoms with van der Waals surface area (Å²) in [5, 5.41) is 4.70. The summed E-state index contributed by atoms with van der Waals surface area (Å²) in [7, 11) is 0. The van der Waals surface area contributed by atoms with Crippen molar-refractivity contribution >= 4 is 10.9 Å². The maximum atomic E-state index is 4.53. The molecule has 0 aliphatic carbocycles. The minimum atomic E-state index is 0.549. The first-order chi connectivity index (χ1) is 9.70. The van der Waals surface area contributed by atoms with Crippen LogP contribution in [0.1, 0.15) is 26.3 Å². The van der Waals surface area contributed by atoms with E-state index in [4.69, 9.17) is 0 Å². The summed E-state index contributed by atoms with van der Waals surface area (Å²) in [6, 6.07) is 11.1. The molecule has 0 bridgehead atoms. The molecule has 1 aromatic heterocycles. The smallest absolute Gasteiger partial charge is 0.0746 e. The molecule has 0 aliphatic heterocycles. The quantitative estimate of drug-likeness (QED) is 0.839. The number of aromatic nitrogens is 1. The van der Waals surface area contributed by atoms with Crippen LogP contribution in [-0.2, 0) is 6.54 Å². The van der Waals surface area contributed by atoms with Gasteiger partial charge < -0.3 is 5.32 Å². The predicted octanol–water partition coefficient (Wildman–Crippen LogP) is 3.05. The zero-order chi connectivity index (χ0) is 14.4. The van der Waals surface area contributed by atoms with Crippen molar-refractivity contribution in [3.63, 3.8) is 0 Å². The molecule has 0 saturated heterocycles. The minimum Gasteiger partial charge on any atom is -0.313 e. The predicted molar refractivity (Wildman–Crippen MR) is 85.8 cm³/mol. The Labute approximate surface area is 122 Å². The molecule has 0 fully saturated rings. The highest BCUT2D eigenvalue weighted by atomic mass is 15.1. The number of hydrogen-bond donors (Lipinski definition) is 1. The van der Waals surface area contributed by atoms with Crippen LogP contribution in [-0.4, -0.2) is 35.6 Å². The van der Waals surface area contributed by atoms with E-state index in [2.05, 4.69) is 60.2 Å². The van der Waals surface area contributed by atoms with Crippen LogP contribution >= 0.6 is 0 Å². The van der Waals surface area contributed by atoms with Crippen molar-refractivity contribution in [2.45, 2.75) is 33.4 Å². The molecule has 1 aromatic carbocycles. The maximum Gasteiger partial charge on any atom is 0.0746 e. The maximum absolute atomic E-state index is 4.53. The number of nitrogens with one attached hydrogen (secondary N) is 1. The molecule has 3 nitrogen and oxygen atoms in total. The Bertz CT molecular complexity index is 531. The molecule has 0 amide bonds. The van der Waals surface area contributed by atoms with Crippen LogP contribution in [0.4, 0.5) is 0 Å². The fourth-order valence-corrected chi connectivity index (χ4v) is 2.40. The van der Waals surface area contributed by atoms with Gasteiger partial charge in [0, 0.05) is 37.3 Å². The van der Waals surface area contributed by atoms with Crippen LogP contribution in [0, 0.1) is 0 Å². The van der Waals surface area contributed by atoms with Crippen molar-refractivity contribution in [1.29, 1.82) is 0 Å². The van der Waals surface area contributed by atoms with Crippen LogP contribution in [0.5, 0.6) is 0 Å². The van der Waals surface area contributed by atoms with Gasteiger partial charge in [-0.3, -0.25) is 9.88 Å². The molecule has 0 radical (unpaired) electrons. The van der Waals surface area contributed by atoms with Gasteiger partial charge in [0.25, 0.3) is 0 Å². The van der Waals surface area contributed by atoms with Crippen LogP contribution in [0.2, 0.25) is 0 Å². The van der Waals surface area contributed by atoms with E-state index in [1.165, 1.54) is 10.9 Å². The van der Waals surface area contributed by atoms with Gasteiger partial charge in [-0.05, 0) is 18.2 Å². The fourth-order valence-electron chi connectivity index (χ4n) is 2.40. The largest absolute Gasteiger partial charge is 0.313 e. The highest BCUT2D eigenvalue weighted by Crippen LogP contribution is 2.17. The minimum absolute atomic E-state index is 0.549. The number of hydrogen-bond acceptors (Lipinski definition) is 3. The lowest BCUT2D eigenvalue weighted by Crippen LogP contribution is -2.34. The molecule has 108 valence electrons. The Morgan fingerprint density at radius 2 is 2.00 bits per heavy atom. The van der Waals surface area contributed by atoms with Gasteiger partial charge in [-0.15, -0.1) is 0 Å². The highest BCUT2D eigenvalue weighted by Gasteiger charge is 2.07. The summed E-state index contributed by atoms with van der Waals surface area (Å²) in [6.45, 7) is 10.7. The van der Waals surface area contributed by atoms with E-state index in [9.17, 15) is 0 Å². The number of nitrogens with zero attached hydrogens (tertiary/aromatic N) is 2. The van der Waals surface area contributed by atoms with Gasteiger partial charge >= 0.3 is 0 Å². The van der Waals surface area contributed by atoms with Gasteiger partial charge in [-0.25, -0.2) is 0 Å². The zero-order valence-corrected chi connectivity index (χ0v) is 12.8. The molecular weight excluding hydrogens is 246 g/mol. The van der Waals surface area contributed by atoms with Crippen LogP contribution in [0.3, 0.4) is 0 Å². The standard InChI is InChI=1S/C17H25N3/c1-4-20(12-11-18-14(2)3)13-16-8-5-7-15-9-6-10-19-17(15)16/h5-10,14,18H,4,11-13H2,1-3H3. The average molecular weight is 271 g/mol. The summed E-state index contributed by atoms with van der Waals surface area (Å²) in [5.41, 5.74) is 2.44. The van der Waals surface area contributed by atoms with Gasteiger partial charge in [0.2, 0.25) is 0 Å². The van der Waals surface area contributed by atoms with E-state index in [1.807, 2.05) is 12.3 Å². The lowest BCUT2D eigenvalue weighted by molar-refractivity contribution is 0.277. The van der Waals surface area contributed by atoms with Crippen LogP contribution in [0.25, 0.3) is 10.9 Å². The average Bonchev–Trinajstić information content (AvgIpc) is 2.46. The topological polar surface area (TPSA) is 28.2 Å². The van der Waals surface area contributed by atoms with Crippen molar-refractivity contribution in [3.05, 3.63) is 42.1 Å². The number of fused-ring (bicyclic) bond motifs is 1. The second kappa shape index (κ2) is 7.36. The molecule has 0 atom stereocenters. The Hall–Kier alpha value is -1.45. The lowest BCUT2D eigenvalue weighted by Gasteiger charge is -2.22. The monoisotopic (exact) mass is 271 g/mol. The number of rotatable bonds is 7. The summed E-state index contributed by atoms with van der Waals surface area (Å²) in [5.74, 6) is 0. The molecule has 2 aromatic rings. The lowest BCUT2D eigenvalue weighted by atomic mass is 10.1. The normalized spacial score (nSPS) is 11.7. The van der Waals surface area contributed by atoms with Gasteiger partial charge in [-0.1, -0.05) is 45.0 Å². The Balaban J connectivity index is 2.05. The molecule has 2 rings (SSSR count). The molecule has 0 aliphatic rings. The number of benzene rings is 1. The van der Waals surface area contributed by atoms with E-state index in [0.29, 0.717) is 6.04 Å². The van der Waals surface area contributed by atoms with Crippen molar-refractivity contribution in [1.82, 2.24) is 15.2 Å². The van der Waals surface area contributed by atoms with E-state index in [-0.39, 0.29) is 0 Å². The van der Waals surface area contributed by atoms with Crippen molar-refractivity contribution in [3.8, 4) is 0 Å². The van der Waals surface area contributed by atoms with Crippen LogP contribution < -0.4 is 5.32 Å². The van der Waals surface area contributed by atoms with E-state index in [1.54, 1.807) is 0 Å². The molecule has 1 N–H and O–H groups in total. The first-order valence-electron chi connectivity index (χ1n) is 7.49. The molecule has 0 unspecified atom stereocenters. The van der Waals surface area contributed by atoms with Crippen molar-refractivity contribution in [2.24, 2.45) is 0 Å².